The van der Waals surface area contributed by atoms with Crippen molar-refractivity contribution >= 4 is 11.8 Å². The van der Waals surface area contributed by atoms with Crippen molar-refractivity contribution in [1.29, 1.82) is 0 Å². The minimum Gasteiger partial charge on any atom is -0.375 e. The molecular formula is C12H23N3O3. The number of nitrogens with one attached hydrogen (secondary N) is 1. The molecule has 18 heavy (non-hydrogen) atoms. The van der Waals surface area contributed by atoms with Crippen molar-refractivity contribution < 1.29 is 14.3 Å². The zero-order valence-electron chi connectivity index (χ0n) is 11.1. The predicted molar refractivity (Wildman–Crippen MR) is 67.9 cm³/mol. The second-order valence-corrected chi connectivity index (χ2v) is 4.61. The van der Waals surface area contributed by atoms with Crippen LogP contribution in [0.5, 0.6) is 0 Å². The monoisotopic (exact) mass is 257 g/mol. The Labute approximate surface area is 108 Å². The van der Waals surface area contributed by atoms with Gasteiger partial charge in [0.05, 0.1) is 6.04 Å². The van der Waals surface area contributed by atoms with Crippen molar-refractivity contribution in [3.05, 3.63) is 0 Å². The molecule has 0 aromatic rings. The van der Waals surface area contributed by atoms with E-state index in [1.54, 1.807) is 4.90 Å². The Bertz CT molecular complexity index is 288. The van der Waals surface area contributed by atoms with Gasteiger partial charge in [-0.1, -0.05) is 6.92 Å². The number of nitrogens with two attached hydrogens (primary N) is 1. The third-order valence-corrected chi connectivity index (χ3v) is 3.20. The zero-order chi connectivity index (χ0) is 13.5. The summed E-state index contributed by atoms with van der Waals surface area (Å²) in [7, 11) is 1.49. The van der Waals surface area contributed by atoms with Crippen molar-refractivity contribution in [1.82, 2.24) is 10.2 Å². The van der Waals surface area contributed by atoms with E-state index in [1.807, 2.05) is 6.92 Å². The normalized spacial score (nSPS) is 18.5. The largest absolute Gasteiger partial charge is 0.375 e. The average Bonchev–Trinajstić information content (AvgIpc) is 2.38. The van der Waals surface area contributed by atoms with Crippen LogP contribution in [0, 0.1) is 0 Å². The van der Waals surface area contributed by atoms with Crippen LogP contribution in [0.3, 0.4) is 0 Å². The molecule has 3 N–H and O–H groups in total. The Kier molecular flexibility index (Phi) is 6.07. The van der Waals surface area contributed by atoms with E-state index in [4.69, 9.17) is 10.5 Å². The van der Waals surface area contributed by atoms with Crippen LogP contribution in [0.1, 0.15) is 26.2 Å². The van der Waals surface area contributed by atoms with Crippen LogP contribution in [0.2, 0.25) is 0 Å². The number of nitrogens with zero attached hydrogens (tertiary/aromatic N) is 1. The molecule has 6 nitrogen and oxygen atoms in total. The summed E-state index contributed by atoms with van der Waals surface area (Å²) in [4.78, 5) is 25.0. The summed E-state index contributed by atoms with van der Waals surface area (Å²) in [5, 5.41) is 2.89. The lowest BCUT2D eigenvalue weighted by atomic mass is 10.0. The highest BCUT2D eigenvalue weighted by Crippen LogP contribution is 2.11. The highest BCUT2D eigenvalue weighted by molar-refractivity contribution is 5.81. The standard InChI is InChI=1S/C12H23N3O3/c1-3-10(13)12(17)15-6-4-9(5-7-15)14-11(16)8-18-2/h9-10H,3-8,13H2,1-2H3,(H,14,16)/t10-/m0/s1. The molecule has 0 saturated carbocycles. The minimum absolute atomic E-state index is 0.0131. The van der Waals surface area contributed by atoms with Crippen LogP contribution in [-0.4, -0.2) is 55.6 Å². The first-order valence-corrected chi connectivity index (χ1v) is 6.41. The first-order chi connectivity index (χ1) is 8.58. The maximum atomic E-state index is 11.9. The maximum absolute atomic E-state index is 11.9. The van der Waals surface area contributed by atoms with Crippen LogP contribution in [-0.2, 0) is 14.3 Å². The van der Waals surface area contributed by atoms with Gasteiger partial charge in [0.2, 0.25) is 11.8 Å². The Balaban J connectivity index is 2.32. The molecule has 0 aliphatic carbocycles. The van der Waals surface area contributed by atoms with Gasteiger partial charge in [-0.3, -0.25) is 9.59 Å². The van der Waals surface area contributed by atoms with Gasteiger partial charge in [0.15, 0.2) is 0 Å². The van der Waals surface area contributed by atoms with Gasteiger partial charge in [-0.05, 0) is 19.3 Å². The third kappa shape index (κ3) is 4.27. The summed E-state index contributed by atoms with van der Waals surface area (Å²) < 4.78 is 4.76. The number of carbonyl (C=O) groups is 2. The molecule has 0 aromatic heterocycles. The van der Waals surface area contributed by atoms with Crippen LogP contribution in [0.15, 0.2) is 0 Å². The number of rotatable bonds is 5. The maximum Gasteiger partial charge on any atom is 0.246 e. The van der Waals surface area contributed by atoms with Crippen LogP contribution >= 0.6 is 0 Å². The first-order valence-electron chi connectivity index (χ1n) is 6.41. The second-order valence-electron chi connectivity index (χ2n) is 4.61. The SMILES string of the molecule is CC[C@H](N)C(=O)N1CCC(NC(=O)COC)CC1. The summed E-state index contributed by atoms with van der Waals surface area (Å²) in [6.45, 7) is 3.30. The van der Waals surface area contributed by atoms with Gasteiger partial charge < -0.3 is 20.7 Å². The molecule has 1 heterocycles. The number of likely N-dealkylation sites (tertiary alicyclic amines) is 1. The fourth-order valence-electron chi connectivity index (χ4n) is 2.05. The van der Waals surface area contributed by atoms with Gasteiger partial charge >= 0.3 is 0 Å². The predicted octanol–water partition coefficient (Wildman–Crippen LogP) is -0.523. The molecule has 0 bridgehead atoms. The second kappa shape index (κ2) is 7.33. The summed E-state index contributed by atoms with van der Waals surface area (Å²) in [5.74, 6) is -0.0910. The van der Waals surface area contributed by atoms with Crippen LogP contribution in [0.4, 0.5) is 0 Å². The smallest absolute Gasteiger partial charge is 0.246 e. The van der Waals surface area contributed by atoms with E-state index in [0.29, 0.717) is 19.5 Å². The van der Waals surface area contributed by atoms with Gasteiger partial charge in [-0.25, -0.2) is 0 Å². The van der Waals surface area contributed by atoms with Gasteiger partial charge in [0.25, 0.3) is 0 Å². The zero-order valence-corrected chi connectivity index (χ0v) is 11.1. The Morgan fingerprint density at radius 1 is 1.44 bits per heavy atom. The van der Waals surface area contributed by atoms with E-state index in [9.17, 15) is 9.59 Å². The molecule has 2 amide bonds. The average molecular weight is 257 g/mol. The van der Waals surface area contributed by atoms with Gasteiger partial charge in [0, 0.05) is 26.2 Å². The van der Waals surface area contributed by atoms with Crippen LogP contribution in [0.25, 0.3) is 0 Å². The summed E-state index contributed by atoms with van der Waals surface area (Å²) >= 11 is 0. The summed E-state index contributed by atoms with van der Waals surface area (Å²) in [6, 6.07) is -0.265. The molecule has 1 aliphatic heterocycles. The van der Waals surface area contributed by atoms with E-state index >= 15 is 0 Å². The van der Waals surface area contributed by atoms with E-state index in [1.165, 1.54) is 7.11 Å². The molecule has 1 fully saturated rings. The Hall–Kier alpha value is -1.14. The van der Waals surface area contributed by atoms with Gasteiger partial charge in [0.1, 0.15) is 6.61 Å². The number of piperidine rings is 1. The molecule has 1 atom stereocenters. The van der Waals surface area contributed by atoms with E-state index in [2.05, 4.69) is 5.32 Å². The number of carbonyl (C=O) groups excluding carboxylic acids is 2. The van der Waals surface area contributed by atoms with Crippen molar-refractivity contribution in [2.24, 2.45) is 5.73 Å². The topological polar surface area (TPSA) is 84.7 Å². The van der Waals surface area contributed by atoms with E-state index in [-0.39, 0.29) is 24.5 Å². The lowest BCUT2D eigenvalue weighted by molar-refractivity contribution is -0.134. The van der Waals surface area contributed by atoms with E-state index < -0.39 is 6.04 Å². The first kappa shape index (κ1) is 14.9. The van der Waals surface area contributed by atoms with Crippen molar-refractivity contribution in [3.63, 3.8) is 0 Å². The summed E-state index contributed by atoms with van der Waals surface area (Å²) in [5.41, 5.74) is 5.72. The molecule has 1 saturated heterocycles. The number of ether oxygens (including phenoxy) is 1. The summed E-state index contributed by atoms with van der Waals surface area (Å²) in [6.07, 6.45) is 2.21. The quantitative estimate of drug-likeness (QED) is 0.694. The molecule has 0 radical (unpaired) electrons. The van der Waals surface area contributed by atoms with Crippen molar-refractivity contribution in [2.75, 3.05) is 26.8 Å². The van der Waals surface area contributed by atoms with Crippen molar-refractivity contribution in [2.45, 2.75) is 38.3 Å². The Morgan fingerprint density at radius 3 is 2.56 bits per heavy atom. The molecule has 1 aliphatic rings. The lowest BCUT2D eigenvalue weighted by Gasteiger charge is -2.33. The van der Waals surface area contributed by atoms with Gasteiger partial charge in [-0.15, -0.1) is 0 Å². The highest BCUT2D eigenvalue weighted by atomic mass is 16.5. The third-order valence-electron chi connectivity index (χ3n) is 3.20. The molecule has 1 rings (SSSR count). The molecule has 6 heteroatoms. The van der Waals surface area contributed by atoms with Crippen molar-refractivity contribution in [3.8, 4) is 0 Å². The van der Waals surface area contributed by atoms with E-state index in [0.717, 1.165) is 12.8 Å². The highest BCUT2D eigenvalue weighted by Gasteiger charge is 2.26. The number of amides is 2. The molecular weight excluding hydrogens is 234 g/mol. The Morgan fingerprint density at radius 2 is 2.06 bits per heavy atom. The number of hydrogen-bond acceptors (Lipinski definition) is 4. The molecule has 0 spiro atoms. The number of methoxy groups -OCH3 is 1. The van der Waals surface area contributed by atoms with Gasteiger partial charge in [-0.2, -0.15) is 0 Å². The molecule has 0 aromatic carbocycles. The minimum atomic E-state index is -0.398. The number of hydrogen-bond donors (Lipinski definition) is 2. The molecule has 0 unspecified atom stereocenters. The molecule has 104 valence electrons. The fourth-order valence-corrected chi connectivity index (χ4v) is 2.05. The van der Waals surface area contributed by atoms with Crippen LogP contribution < -0.4 is 11.1 Å². The lowest BCUT2D eigenvalue weighted by Crippen LogP contribution is -2.51. The fraction of sp³-hybridized carbons (Fsp3) is 0.833.